The Morgan fingerprint density at radius 2 is 1.89 bits per heavy atom. The van der Waals surface area contributed by atoms with Crippen molar-refractivity contribution in [1.29, 1.82) is 0 Å². The molecule has 0 unspecified atom stereocenters. The molecule has 13 heteroatoms. The molecule has 192 valence electrons. The SMILES string of the molecule is O=C(c1ccc(Nc2nccn3c(-c4ccc(OC(F)F)c(F)c4F)cnc23)cc1Cl)N1CCNCC1. The summed E-state index contributed by atoms with van der Waals surface area (Å²) in [6.07, 6.45) is 4.22. The summed E-state index contributed by atoms with van der Waals surface area (Å²) >= 11 is 6.41. The second kappa shape index (κ2) is 10.2. The third-order valence-electron chi connectivity index (χ3n) is 5.83. The van der Waals surface area contributed by atoms with Crippen LogP contribution in [0.15, 0.2) is 48.9 Å². The zero-order valence-electron chi connectivity index (χ0n) is 19.0. The van der Waals surface area contributed by atoms with E-state index in [1.54, 1.807) is 23.1 Å². The van der Waals surface area contributed by atoms with Crippen LogP contribution in [0.5, 0.6) is 5.75 Å². The van der Waals surface area contributed by atoms with Crippen molar-refractivity contribution in [2.24, 2.45) is 0 Å². The molecule has 1 amide bonds. The van der Waals surface area contributed by atoms with E-state index in [0.717, 1.165) is 25.2 Å². The number of fused-ring (bicyclic) bond motifs is 1. The van der Waals surface area contributed by atoms with Gasteiger partial charge in [-0.25, -0.2) is 14.4 Å². The number of carbonyl (C=O) groups is 1. The van der Waals surface area contributed by atoms with E-state index in [0.29, 0.717) is 24.3 Å². The highest BCUT2D eigenvalue weighted by atomic mass is 35.5. The molecule has 37 heavy (non-hydrogen) atoms. The molecular formula is C24H19ClF4N6O2. The van der Waals surface area contributed by atoms with Crippen LogP contribution in [0.4, 0.5) is 29.1 Å². The average molecular weight is 535 g/mol. The van der Waals surface area contributed by atoms with Crippen LogP contribution in [-0.2, 0) is 0 Å². The van der Waals surface area contributed by atoms with Gasteiger partial charge in [-0.05, 0) is 30.3 Å². The maximum Gasteiger partial charge on any atom is 0.387 e. The fraction of sp³-hybridized carbons (Fsp3) is 0.208. The van der Waals surface area contributed by atoms with Crippen molar-refractivity contribution in [2.45, 2.75) is 6.61 Å². The molecule has 2 aromatic carbocycles. The van der Waals surface area contributed by atoms with Crippen LogP contribution >= 0.6 is 11.6 Å². The molecule has 0 atom stereocenters. The number of halogens is 5. The minimum atomic E-state index is -3.29. The lowest BCUT2D eigenvalue weighted by atomic mass is 10.1. The molecule has 0 spiro atoms. The van der Waals surface area contributed by atoms with Gasteiger partial charge in [-0.2, -0.15) is 13.2 Å². The maximum atomic E-state index is 14.7. The maximum absolute atomic E-state index is 14.7. The molecule has 0 radical (unpaired) electrons. The van der Waals surface area contributed by atoms with Gasteiger partial charge in [0.2, 0.25) is 5.82 Å². The molecule has 0 aliphatic carbocycles. The number of alkyl halides is 2. The van der Waals surface area contributed by atoms with Crippen molar-refractivity contribution in [3.8, 4) is 17.0 Å². The van der Waals surface area contributed by atoms with E-state index in [9.17, 15) is 22.4 Å². The highest BCUT2D eigenvalue weighted by Gasteiger charge is 2.22. The Balaban J connectivity index is 1.42. The molecule has 1 fully saturated rings. The first kappa shape index (κ1) is 24.8. The Bertz CT molecular complexity index is 1480. The Hall–Kier alpha value is -3.90. The second-order valence-corrected chi connectivity index (χ2v) is 8.50. The minimum absolute atomic E-state index is 0.157. The second-order valence-electron chi connectivity index (χ2n) is 8.09. The Morgan fingerprint density at radius 1 is 1.11 bits per heavy atom. The fourth-order valence-electron chi connectivity index (χ4n) is 4.06. The Kier molecular flexibility index (Phi) is 6.85. The quantitative estimate of drug-likeness (QED) is 0.348. The van der Waals surface area contributed by atoms with Gasteiger partial charge in [0.25, 0.3) is 5.91 Å². The van der Waals surface area contributed by atoms with Crippen LogP contribution in [0.1, 0.15) is 10.4 Å². The number of hydrogen-bond acceptors (Lipinski definition) is 6. The predicted molar refractivity (Wildman–Crippen MR) is 128 cm³/mol. The lowest BCUT2D eigenvalue weighted by Gasteiger charge is -2.27. The van der Waals surface area contributed by atoms with Crippen LogP contribution in [-0.4, -0.2) is 58.0 Å². The van der Waals surface area contributed by atoms with Gasteiger partial charge in [0.15, 0.2) is 23.0 Å². The lowest BCUT2D eigenvalue weighted by molar-refractivity contribution is -0.0525. The summed E-state index contributed by atoms with van der Waals surface area (Å²) in [6, 6.07) is 6.93. The van der Waals surface area contributed by atoms with E-state index in [4.69, 9.17) is 11.6 Å². The molecule has 2 aromatic heterocycles. The number of nitrogens with zero attached hydrogens (tertiary/aromatic N) is 4. The van der Waals surface area contributed by atoms with E-state index in [2.05, 4.69) is 25.3 Å². The van der Waals surface area contributed by atoms with Crippen molar-refractivity contribution in [3.63, 3.8) is 0 Å². The molecular weight excluding hydrogens is 516 g/mol. The van der Waals surface area contributed by atoms with Crippen LogP contribution in [0.3, 0.4) is 0 Å². The number of carbonyl (C=O) groups excluding carboxylic acids is 1. The van der Waals surface area contributed by atoms with Crippen LogP contribution in [0.2, 0.25) is 5.02 Å². The number of benzene rings is 2. The zero-order chi connectivity index (χ0) is 26.1. The third-order valence-corrected chi connectivity index (χ3v) is 6.15. The average Bonchev–Trinajstić information content (AvgIpc) is 3.32. The first-order valence-corrected chi connectivity index (χ1v) is 11.5. The fourth-order valence-corrected chi connectivity index (χ4v) is 4.33. The van der Waals surface area contributed by atoms with Gasteiger partial charge in [0.1, 0.15) is 0 Å². The van der Waals surface area contributed by atoms with Crippen molar-refractivity contribution < 1.29 is 27.1 Å². The molecule has 4 aromatic rings. The first-order valence-electron chi connectivity index (χ1n) is 11.2. The van der Waals surface area contributed by atoms with Gasteiger partial charge in [-0.1, -0.05) is 11.6 Å². The largest absolute Gasteiger partial charge is 0.432 e. The van der Waals surface area contributed by atoms with Gasteiger partial charge in [0, 0.05) is 49.8 Å². The number of anilines is 2. The summed E-state index contributed by atoms with van der Waals surface area (Å²) in [5.74, 6) is -3.67. The summed E-state index contributed by atoms with van der Waals surface area (Å²) in [4.78, 5) is 23.0. The van der Waals surface area contributed by atoms with Crippen LogP contribution in [0.25, 0.3) is 16.9 Å². The van der Waals surface area contributed by atoms with Gasteiger partial charge in [-0.3, -0.25) is 9.20 Å². The standard InChI is InChI=1S/C24H19ClF4N6O2/c25-16-11-13(1-2-14(16)23(36)34-8-5-30-6-9-34)33-21-22-32-12-17(35(22)10-7-31-21)15-3-4-18(37-24(28)29)20(27)19(15)26/h1-4,7,10-12,24,30H,5-6,8-9H2,(H,31,33). The highest BCUT2D eigenvalue weighted by molar-refractivity contribution is 6.34. The van der Waals surface area contributed by atoms with Gasteiger partial charge in [0.05, 0.1) is 22.5 Å². The van der Waals surface area contributed by atoms with E-state index in [-0.39, 0.29) is 33.7 Å². The van der Waals surface area contributed by atoms with Crippen LogP contribution in [0, 0.1) is 11.6 Å². The molecule has 1 saturated heterocycles. The summed E-state index contributed by atoms with van der Waals surface area (Å²) in [6.45, 7) is -0.673. The Labute approximate surface area is 212 Å². The lowest BCUT2D eigenvalue weighted by Crippen LogP contribution is -2.46. The molecule has 5 rings (SSSR count). The summed E-state index contributed by atoms with van der Waals surface area (Å²) in [7, 11) is 0. The normalized spacial score (nSPS) is 13.8. The van der Waals surface area contributed by atoms with Crippen molar-refractivity contribution in [2.75, 3.05) is 31.5 Å². The van der Waals surface area contributed by atoms with E-state index in [1.807, 2.05) is 0 Å². The number of ether oxygens (including phenoxy) is 1. The third kappa shape index (κ3) is 4.89. The number of rotatable bonds is 6. The summed E-state index contributed by atoms with van der Waals surface area (Å²) < 4.78 is 59.4. The number of amides is 1. The monoisotopic (exact) mass is 534 g/mol. The van der Waals surface area contributed by atoms with E-state index < -0.39 is 24.0 Å². The molecule has 0 saturated carbocycles. The number of aromatic nitrogens is 3. The molecule has 1 aliphatic heterocycles. The molecule has 8 nitrogen and oxygen atoms in total. The summed E-state index contributed by atoms with van der Waals surface area (Å²) in [5.41, 5.74) is 1.14. The van der Waals surface area contributed by atoms with Gasteiger partial charge in [-0.15, -0.1) is 0 Å². The van der Waals surface area contributed by atoms with Crippen molar-refractivity contribution in [1.82, 2.24) is 24.6 Å². The molecule has 1 aliphatic rings. The molecule has 2 N–H and O–H groups in total. The molecule has 3 heterocycles. The minimum Gasteiger partial charge on any atom is -0.432 e. The highest BCUT2D eigenvalue weighted by Crippen LogP contribution is 2.32. The number of nitrogens with one attached hydrogen (secondary N) is 2. The van der Waals surface area contributed by atoms with E-state index in [1.165, 1.54) is 23.0 Å². The smallest absolute Gasteiger partial charge is 0.387 e. The molecule has 0 bridgehead atoms. The first-order chi connectivity index (χ1) is 17.8. The van der Waals surface area contributed by atoms with Crippen LogP contribution < -0.4 is 15.4 Å². The topological polar surface area (TPSA) is 83.8 Å². The van der Waals surface area contributed by atoms with Crippen molar-refractivity contribution >= 4 is 34.7 Å². The Morgan fingerprint density at radius 3 is 2.62 bits per heavy atom. The zero-order valence-corrected chi connectivity index (χ0v) is 19.8. The van der Waals surface area contributed by atoms with Crippen molar-refractivity contribution in [3.05, 3.63) is 71.1 Å². The number of imidazole rings is 1. The summed E-state index contributed by atoms with van der Waals surface area (Å²) in [5, 5.41) is 6.52. The number of hydrogen-bond donors (Lipinski definition) is 2. The van der Waals surface area contributed by atoms with E-state index >= 15 is 0 Å². The number of piperazine rings is 1. The van der Waals surface area contributed by atoms with Gasteiger partial charge >= 0.3 is 6.61 Å². The van der Waals surface area contributed by atoms with Gasteiger partial charge < -0.3 is 20.3 Å². The predicted octanol–water partition coefficient (Wildman–Crippen LogP) is 4.72.